The molecule has 96 valence electrons. The van der Waals surface area contributed by atoms with Crippen molar-refractivity contribution in [3.8, 4) is 5.75 Å². The number of hydrogen-bond donors (Lipinski definition) is 1. The van der Waals surface area contributed by atoms with Crippen molar-refractivity contribution in [2.24, 2.45) is 5.73 Å². The van der Waals surface area contributed by atoms with Crippen molar-refractivity contribution < 1.29 is 9.53 Å². The number of ether oxygens (including phenoxy) is 1. The Kier molecular flexibility index (Phi) is 4.04. The second-order valence-corrected chi connectivity index (χ2v) is 4.98. The minimum atomic E-state index is -0.0762. The quantitative estimate of drug-likeness (QED) is 0.861. The van der Waals surface area contributed by atoms with Gasteiger partial charge in [-0.1, -0.05) is 23.8 Å². The van der Waals surface area contributed by atoms with Gasteiger partial charge in [0, 0.05) is 11.6 Å². The van der Waals surface area contributed by atoms with Crippen molar-refractivity contribution in [2.75, 3.05) is 18.1 Å². The van der Waals surface area contributed by atoms with Gasteiger partial charge in [-0.05, 0) is 31.0 Å². The third-order valence-electron chi connectivity index (χ3n) is 2.67. The minimum Gasteiger partial charge on any atom is -0.482 e. The zero-order valence-corrected chi connectivity index (χ0v) is 11.3. The van der Waals surface area contributed by atoms with Gasteiger partial charge in [-0.15, -0.1) is 0 Å². The van der Waals surface area contributed by atoms with Gasteiger partial charge in [-0.25, -0.2) is 0 Å². The first-order chi connectivity index (χ1) is 8.58. The van der Waals surface area contributed by atoms with Gasteiger partial charge in [0.2, 0.25) is 0 Å². The van der Waals surface area contributed by atoms with E-state index in [1.807, 2.05) is 0 Å². The van der Waals surface area contributed by atoms with E-state index >= 15 is 0 Å². The molecule has 2 rings (SSSR count). The van der Waals surface area contributed by atoms with Crippen LogP contribution >= 0.6 is 23.8 Å². The van der Waals surface area contributed by atoms with Crippen LogP contribution in [0.4, 0.5) is 5.69 Å². The highest BCUT2D eigenvalue weighted by Gasteiger charge is 2.25. The van der Waals surface area contributed by atoms with Crippen LogP contribution in [0.3, 0.4) is 0 Å². The van der Waals surface area contributed by atoms with Crippen LogP contribution in [0.5, 0.6) is 5.75 Å². The number of nitrogens with two attached hydrogens (primary N) is 1. The fourth-order valence-electron chi connectivity index (χ4n) is 1.83. The molecule has 0 radical (unpaired) electrons. The van der Waals surface area contributed by atoms with Crippen LogP contribution in [0.25, 0.3) is 0 Å². The van der Waals surface area contributed by atoms with E-state index in [0.29, 0.717) is 34.4 Å². The first kappa shape index (κ1) is 13.1. The number of amides is 1. The summed E-state index contributed by atoms with van der Waals surface area (Å²) in [5.74, 6) is 0.599. The Morgan fingerprint density at radius 3 is 3.06 bits per heavy atom. The molecule has 1 aromatic rings. The molecule has 18 heavy (non-hydrogen) atoms. The normalized spacial score (nSPS) is 14.1. The Hall–Kier alpha value is -1.33. The molecule has 0 aromatic heterocycles. The molecule has 1 aliphatic heterocycles. The van der Waals surface area contributed by atoms with Gasteiger partial charge >= 0.3 is 0 Å². The predicted molar refractivity (Wildman–Crippen MR) is 75.3 cm³/mol. The number of thiocarbonyl (C=S) groups is 1. The molecule has 1 aromatic carbocycles. The minimum absolute atomic E-state index is 0.0572. The van der Waals surface area contributed by atoms with Crippen molar-refractivity contribution in [1.29, 1.82) is 0 Å². The van der Waals surface area contributed by atoms with Crippen LogP contribution in [0.1, 0.15) is 12.8 Å². The van der Waals surface area contributed by atoms with Crippen LogP contribution < -0.4 is 15.4 Å². The SMILES string of the molecule is NC(=S)CCCN1C(=O)COc2ccc(Cl)cc21. The number of halogens is 1. The fourth-order valence-corrected chi connectivity index (χ4v) is 2.14. The molecule has 0 saturated heterocycles. The third kappa shape index (κ3) is 2.91. The number of rotatable bonds is 4. The second-order valence-electron chi connectivity index (χ2n) is 4.02. The van der Waals surface area contributed by atoms with Crippen molar-refractivity contribution in [3.05, 3.63) is 23.2 Å². The number of nitrogens with zero attached hydrogens (tertiary/aromatic N) is 1. The summed E-state index contributed by atoms with van der Waals surface area (Å²) in [5, 5.41) is 0.575. The molecule has 1 aliphatic rings. The Morgan fingerprint density at radius 1 is 1.56 bits per heavy atom. The van der Waals surface area contributed by atoms with E-state index in [2.05, 4.69) is 0 Å². The fraction of sp³-hybridized carbons (Fsp3) is 0.333. The summed E-state index contributed by atoms with van der Waals surface area (Å²) in [7, 11) is 0. The van der Waals surface area contributed by atoms with E-state index in [9.17, 15) is 4.79 Å². The lowest BCUT2D eigenvalue weighted by Crippen LogP contribution is -2.39. The van der Waals surface area contributed by atoms with E-state index in [4.69, 9.17) is 34.3 Å². The summed E-state index contributed by atoms with van der Waals surface area (Å²) in [6.45, 7) is 0.620. The van der Waals surface area contributed by atoms with Crippen LogP contribution in [-0.2, 0) is 4.79 Å². The zero-order chi connectivity index (χ0) is 13.1. The molecule has 1 heterocycles. The van der Waals surface area contributed by atoms with Crippen molar-refractivity contribution in [3.63, 3.8) is 0 Å². The number of hydrogen-bond acceptors (Lipinski definition) is 3. The van der Waals surface area contributed by atoms with E-state index in [-0.39, 0.29) is 12.5 Å². The maximum absolute atomic E-state index is 11.8. The summed E-state index contributed by atoms with van der Waals surface area (Å²) >= 11 is 10.8. The Balaban J connectivity index is 2.16. The van der Waals surface area contributed by atoms with Gasteiger partial charge in [-0.2, -0.15) is 0 Å². The molecule has 1 amide bonds. The first-order valence-electron chi connectivity index (χ1n) is 5.59. The number of benzene rings is 1. The van der Waals surface area contributed by atoms with Crippen LogP contribution in [-0.4, -0.2) is 24.0 Å². The second kappa shape index (κ2) is 5.54. The zero-order valence-electron chi connectivity index (χ0n) is 9.69. The van der Waals surface area contributed by atoms with Gasteiger partial charge in [0.05, 0.1) is 10.7 Å². The number of carbonyl (C=O) groups excluding carboxylic acids is 1. The van der Waals surface area contributed by atoms with Crippen molar-refractivity contribution >= 4 is 40.4 Å². The summed E-state index contributed by atoms with van der Waals surface area (Å²) in [6.07, 6.45) is 1.35. The summed E-state index contributed by atoms with van der Waals surface area (Å²) in [6, 6.07) is 5.24. The molecule has 0 spiro atoms. The van der Waals surface area contributed by atoms with Gasteiger partial charge in [0.25, 0.3) is 5.91 Å². The highest BCUT2D eigenvalue weighted by Crippen LogP contribution is 2.34. The Labute approximate surface area is 116 Å². The van der Waals surface area contributed by atoms with Crippen molar-refractivity contribution in [2.45, 2.75) is 12.8 Å². The molecule has 0 unspecified atom stereocenters. The molecular formula is C12H13ClN2O2S. The van der Waals surface area contributed by atoms with Crippen LogP contribution in [0, 0.1) is 0 Å². The molecule has 0 atom stereocenters. The largest absolute Gasteiger partial charge is 0.482 e. The van der Waals surface area contributed by atoms with Gasteiger partial charge in [0.1, 0.15) is 5.75 Å². The molecule has 4 nitrogen and oxygen atoms in total. The van der Waals surface area contributed by atoms with Crippen molar-refractivity contribution in [1.82, 2.24) is 0 Å². The van der Waals surface area contributed by atoms with Crippen LogP contribution in [0.2, 0.25) is 5.02 Å². The highest BCUT2D eigenvalue weighted by molar-refractivity contribution is 7.80. The summed E-state index contributed by atoms with van der Waals surface area (Å²) < 4.78 is 5.35. The maximum Gasteiger partial charge on any atom is 0.265 e. The Morgan fingerprint density at radius 2 is 2.33 bits per heavy atom. The summed E-state index contributed by atoms with van der Waals surface area (Å²) in [4.78, 5) is 14.0. The van der Waals surface area contributed by atoms with E-state index in [1.54, 1.807) is 23.1 Å². The summed E-state index contributed by atoms with van der Waals surface area (Å²) in [5.41, 5.74) is 6.15. The average molecular weight is 285 g/mol. The molecular weight excluding hydrogens is 272 g/mol. The van der Waals surface area contributed by atoms with E-state index in [0.717, 1.165) is 6.42 Å². The smallest absolute Gasteiger partial charge is 0.265 e. The maximum atomic E-state index is 11.8. The molecule has 0 aliphatic carbocycles. The highest BCUT2D eigenvalue weighted by atomic mass is 35.5. The van der Waals surface area contributed by atoms with E-state index < -0.39 is 0 Å². The standard InChI is InChI=1S/C12H13ClN2O2S/c13-8-3-4-10-9(6-8)15(12(16)7-17-10)5-1-2-11(14)18/h3-4,6H,1-2,5,7H2,(H2,14,18). The molecule has 2 N–H and O–H groups in total. The third-order valence-corrected chi connectivity index (χ3v) is 3.11. The monoisotopic (exact) mass is 284 g/mol. The van der Waals surface area contributed by atoms with Gasteiger partial charge < -0.3 is 15.4 Å². The molecule has 6 heteroatoms. The predicted octanol–water partition coefficient (Wildman–Crippen LogP) is 2.13. The first-order valence-corrected chi connectivity index (χ1v) is 6.37. The Bertz CT molecular complexity index is 493. The lowest BCUT2D eigenvalue weighted by Gasteiger charge is -2.29. The van der Waals surface area contributed by atoms with E-state index in [1.165, 1.54) is 0 Å². The van der Waals surface area contributed by atoms with Gasteiger partial charge in [-0.3, -0.25) is 4.79 Å². The molecule has 0 bridgehead atoms. The number of anilines is 1. The van der Waals surface area contributed by atoms with Gasteiger partial charge in [0.15, 0.2) is 6.61 Å². The number of fused-ring (bicyclic) bond motifs is 1. The lowest BCUT2D eigenvalue weighted by atomic mass is 10.2. The van der Waals surface area contributed by atoms with Crippen LogP contribution in [0.15, 0.2) is 18.2 Å². The number of carbonyl (C=O) groups is 1. The molecule has 0 fully saturated rings. The lowest BCUT2D eigenvalue weighted by molar-refractivity contribution is -0.121. The topological polar surface area (TPSA) is 55.6 Å². The average Bonchev–Trinajstić information content (AvgIpc) is 2.31. The molecule has 0 saturated carbocycles.